The van der Waals surface area contributed by atoms with Crippen LogP contribution in [0.3, 0.4) is 0 Å². The first kappa shape index (κ1) is 44.3. The molecule has 3 aliphatic rings. The Balaban J connectivity index is 0.984. The molecular weight excluding hydrogens is 841 g/mol. The Bertz CT molecular complexity index is 2810. The second-order valence-electron chi connectivity index (χ2n) is 18.0. The van der Waals surface area contributed by atoms with E-state index >= 15 is 0 Å². The van der Waals surface area contributed by atoms with Crippen molar-refractivity contribution in [2.45, 2.75) is 83.3 Å². The number of carboxylic acid groups (broad SMARTS) is 1. The van der Waals surface area contributed by atoms with E-state index in [4.69, 9.17) is 24.2 Å². The van der Waals surface area contributed by atoms with E-state index in [1.54, 1.807) is 36.3 Å². The fourth-order valence-corrected chi connectivity index (χ4v) is 10.2. The summed E-state index contributed by atoms with van der Waals surface area (Å²) in [5.41, 5.74) is 6.98. The van der Waals surface area contributed by atoms with Gasteiger partial charge in [-0.15, -0.1) is 0 Å². The minimum atomic E-state index is -1.20. The Morgan fingerprint density at radius 2 is 1.77 bits per heavy atom. The standard InChI is InChI=1S/C50H56N8O8/c1-7-27(2)42(55-49(61)65-6)47(59)58-28(3)13-18-39(58)45-51-23-38(53-45)32-14-16-34-33(20-32)26-66-41-22-35-31(21-36(34)41)15-17-37-43(35)54-46(52-37)40-19-29(25-64-5)24-57(40)48(60)44(56(4)50(62)63)30-11-9-8-10-12-30/h8-12,14-17,20-23,27-29,39-40,42,44H,7,13,18-19,24-26H2,1-6H3,(H,51,53)(H,52,54)(H,55,61)(H,62,63)/t27-,28-,29-,39-,40-,42-,44+/m0/s1. The molecule has 7 atom stereocenters. The second kappa shape index (κ2) is 18.1. The van der Waals surface area contributed by atoms with Crippen molar-refractivity contribution in [3.8, 4) is 28.1 Å². The van der Waals surface area contributed by atoms with E-state index in [1.807, 2.05) is 56.1 Å². The van der Waals surface area contributed by atoms with Crippen LogP contribution in [0.15, 0.2) is 79.0 Å². The fraction of sp³-hybridized carbons (Fsp3) is 0.400. The van der Waals surface area contributed by atoms with Crippen LogP contribution in [0.5, 0.6) is 5.75 Å². The number of imidazole rings is 2. The molecule has 5 heterocycles. The molecule has 0 aliphatic carbocycles. The Hall–Kier alpha value is -6.94. The number of hydrogen-bond acceptors (Lipinski definition) is 9. The smallest absolute Gasteiger partial charge is 0.407 e. The number of amides is 4. The Morgan fingerprint density at radius 1 is 0.970 bits per heavy atom. The molecular formula is C50H56N8O8. The molecule has 0 bridgehead atoms. The molecule has 0 spiro atoms. The number of H-pyrrole nitrogens is 2. The summed E-state index contributed by atoms with van der Waals surface area (Å²) in [7, 11) is 4.36. The van der Waals surface area contributed by atoms with Gasteiger partial charge in [-0.05, 0) is 84.0 Å². The van der Waals surface area contributed by atoms with E-state index < -0.39 is 30.3 Å². The summed E-state index contributed by atoms with van der Waals surface area (Å²) >= 11 is 0. The van der Waals surface area contributed by atoms with Gasteiger partial charge in [0.2, 0.25) is 5.91 Å². The van der Waals surface area contributed by atoms with E-state index in [0.29, 0.717) is 49.8 Å². The SMILES string of the molecule is CC[C@H](C)[C@H](NC(=O)OC)C(=O)N1[C@@H](C)CC[C@H]1c1ncc(-c2ccc3c(c2)COc2cc4c(ccc5nc([C@@H]6C[C@H](COC)CN6C(=O)[C@@H](c6ccccc6)N(C)C(=O)O)[nH]c54)cc2-3)[nH]1. The minimum absolute atomic E-state index is 0.0274. The number of carbonyl (C=O) groups excluding carboxylic acids is 3. The third kappa shape index (κ3) is 8.07. The van der Waals surface area contributed by atoms with Crippen molar-refractivity contribution < 1.29 is 38.5 Å². The lowest BCUT2D eigenvalue weighted by atomic mass is 9.92. The number of fused-ring (bicyclic) bond motifs is 6. The maximum Gasteiger partial charge on any atom is 0.407 e. The molecule has 66 heavy (non-hydrogen) atoms. The molecule has 4 N–H and O–H groups in total. The molecule has 9 rings (SSSR count). The van der Waals surface area contributed by atoms with Crippen molar-refractivity contribution in [3.05, 3.63) is 102 Å². The van der Waals surface area contributed by atoms with Crippen LogP contribution in [-0.4, -0.2) is 110 Å². The summed E-state index contributed by atoms with van der Waals surface area (Å²) in [4.78, 5) is 74.7. The third-order valence-electron chi connectivity index (χ3n) is 13.9. The zero-order chi connectivity index (χ0) is 46.4. The van der Waals surface area contributed by atoms with Gasteiger partial charge in [0.1, 0.15) is 36.1 Å². The number of rotatable bonds is 12. The number of likely N-dealkylation sites (N-methyl/N-ethyl adjacent to an activating group) is 1. The average Bonchev–Trinajstić information content (AvgIpc) is 4.16. The quantitative estimate of drug-likeness (QED) is 0.0927. The zero-order valence-corrected chi connectivity index (χ0v) is 38.0. The van der Waals surface area contributed by atoms with E-state index in [2.05, 4.69) is 39.6 Å². The van der Waals surface area contributed by atoms with Gasteiger partial charge in [0.15, 0.2) is 0 Å². The first-order chi connectivity index (χ1) is 31.9. The predicted octanol–water partition coefficient (Wildman–Crippen LogP) is 8.38. The van der Waals surface area contributed by atoms with Crippen molar-refractivity contribution in [1.82, 2.24) is 40.0 Å². The van der Waals surface area contributed by atoms with Crippen LogP contribution in [0.25, 0.3) is 44.2 Å². The first-order valence-electron chi connectivity index (χ1n) is 22.6. The lowest BCUT2D eigenvalue weighted by Gasteiger charge is -2.33. The summed E-state index contributed by atoms with van der Waals surface area (Å²) < 4.78 is 16.9. The van der Waals surface area contributed by atoms with Gasteiger partial charge in [-0.2, -0.15) is 0 Å². The van der Waals surface area contributed by atoms with Crippen LogP contribution in [0, 0.1) is 11.8 Å². The minimum Gasteiger partial charge on any atom is -0.488 e. The number of ether oxygens (including phenoxy) is 3. The first-order valence-corrected chi connectivity index (χ1v) is 22.6. The number of benzene rings is 4. The number of alkyl carbamates (subject to hydrolysis) is 1. The van der Waals surface area contributed by atoms with Crippen LogP contribution >= 0.6 is 0 Å². The molecule has 344 valence electrons. The molecule has 6 aromatic rings. The number of likely N-dealkylation sites (tertiary alicyclic amines) is 2. The van der Waals surface area contributed by atoms with Gasteiger partial charge < -0.3 is 44.4 Å². The van der Waals surface area contributed by atoms with Crippen molar-refractivity contribution >= 4 is 45.8 Å². The van der Waals surface area contributed by atoms with Crippen molar-refractivity contribution in [2.24, 2.45) is 11.8 Å². The van der Waals surface area contributed by atoms with E-state index in [1.165, 1.54) is 14.2 Å². The fourth-order valence-electron chi connectivity index (χ4n) is 10.2. The van der Waals surface area contributed by atoms with Crippen molar-refractivity contribution in [1.29, 1.82) is 0 Å². The number of methoxy groups -OCH3 is 2. The van der Waals surface area contributed by atoms with Crippen LogP contribution < -0.4 is 10.1 Å². The van der Waals surface area contributed by atoms with Crippen LogP contribution in [-0.2, 0) is 25.7 Å². The number of nitrogens with zero attached hydrogens (tertiary/aromatic N) is 5. The molecule has 4 aromatic carbocycles. The normalized spacial score (nSPS) is 20.3. The zero-order valence-electron chi connectivity index (χ0n) is 38.0. The molecule has 2 fully saturated rings. The lowest BCUT2D eigenvalue weighted by Crippen LogP contribution is -2.53. The lowest BCUT2D eigenvalue weighted by molar-refractivity contribution is -0.138. The van der Waals surface area contributed by atoms with Crippen molar-refractivity contribution in [3.63, 3.8) is 0 Å². The van der Waals surface area contributed by atoms with Gasteiger partial charge in [-0.3, -0.25) is 14.5 Å². The third-order valence-corrected chi connectivity index (χ3v) is 13.9. The highest BCUT2D eigenvalue weighted by atomic mass is 16.5. The van der Waals surface area contributed by atoms with Crippen LogP contribution in [0.2, 0.25) is 0 Å². The summed E-state index contributed by atoms with van der Waals surface area (Å²) in [6.45, 7) is 7.18. The molecule has 0 radical (unpaired) electrons. The molecule has 16 nitrogen and oxygen atoms in total. The Labute approximate surface area is 382 Å². The molecule has 3 aliphatic heterocycles. The van der Waals surface area contributed by atoms with Gasteiger partial charge in [0, 0.05) is 43.6 Å². The van der Waals surface area contributed by atoms with Crippen LogP contribution in [0.4, 0.5) is 9.59 Å². The summed E-state index contributed by atoms with van der Waals surface area (Å²) in [5.74, 6) is 1.55. The van der Waals surface area contributed by atoms with Crippen molar-refractivity contribution in [2.75, 3.05) is 34.4 Å². The topological polar surface area (TPSA) is 195 Å². The Kier molecular flexibility index (Phi) is 12.2. The predicted molar refractivity (Wildman–Crippen MR) is 247 cm³/mol. The summed E-state index contributed by atoms with van der Waals surface area (Å²) in [5, 5.41) is 14.7. The molecule has 16 heteroatoms. The molecule has 2 aromatic heterocycles. The number of carbonyl (C=O) groups is 4. The maximum atomic E-state index is 14.5. The number of aromatic amines is 2. The van der Waals surface area contributed by atoms with Gasteiger partial charge >= 0.3 is 12.2 Å². The van der Waals surface area contributed by atoms with Gasteiger partial charge in [-0.25, -0.2) is 19.6 Å². The Morgan fingerprint density at radius 3 is 2.52 bits per heavy atom. The number of nitrogens with one attached hydrogen (secondary N) is 3. The van der Waals surface area contributed by atoms with Gasteiger partial charge in [-0.1, -0.05) is 68.8 Å². The highest BCUT2D eigenvalue weighted by Crippen LogP contribution is 2.44. The average molecular weight is 897 g/mol. The second-order valence-corrected chi connectivity index (χ2v) is 18.0. The highest BCUT2D eigenvalue weighted by molar-refractivity contribution is 6.07. The number of aromatic nitrogens is 4. The van der Waals surface area contributed by atoms with E-state index in [0.717, 1.165) is 73.2 Å². The molecule has 0 saturated carbocycles. The van der Waals surface area contributed by atoms with E-state index in [-0.39, 0.29) is 35.7 Å². The molecule has 2 saturated heterocycles. The van der Waals surface area contributed by atoms with E-state index in [9.17, 15) is 24.3 Å². The monoisotopic (exact) mass is 896 g/mol. The largest absolute Gasteiger partial charge is 0.488 e. The van der Waals surface area contributed by atoms with Gasteiger partial charge in [0.05, 0.1) is 48.7 Å². The molecule has 4 amide bonds. The van der Waals surface area contributed by atoms with Gasteiger partial charge in [0.25, 0.3) is 5.91 Å². The summed E-state index contributed by atoms with van der Waals surface area (Å²) in [6, 6.07) is 21.0. The highest BCUT2D eigenvalue weighted by Gasteiger charge is 2.44. The van der Waals surface area contributed by atoms with Crippen LogP contribution in [0.1, 0.15) is 87.4 Å². The summed E-state index contributed by atoms with van der Waals surface area (Å²) in [6.07, 6.45) is 2.85. The maximum absolute atomic E-state index is 14.5. The molecule has 0 unspecified atom stereocenters. The number of hydrogen-bond donors (Lipinski definition) is 4.